The summed E-state index contributed by atoms with van der Waals surface area (Å²) in [5, 5.41) is 26.0. The average Bonchev–Trinajstić information content (AvgIpc) is 1.87. The van der Waals surface area contributed by atoms with Gasteiger partial charge in [0, 0.05) is 6.42 Å². The van der Waals surface area contributed by atoms with Crippen LogP contribution in [0.2, 0.25) is 0 Å². The molecule has 5 N–H and O–H groups in total. The van der Waals surface area contributed by atoms with Crippen LogP contribution in [0.4, 0.5) is 0 Å². The SMILES string of the molecule is C[C@](O)(CO)C[C@H](N)C(=O)O. The number of aliphatic carboxylic acids is 1. The molecule has 0 aliphatic heterocycles. The lowest BCUT2D eigenvalue weighted by Gasteiger charge is -2.21. The van der Waals surface area contributed by atoms with E-state index in [4.69, 9.17) is 21.1 Å². The number of nitrogens with two attached hydrogens (primary N) is 1. The van der Waals surface area contributed by atoms with Crippen LogP contribution in [0.5, 0.6) is 0 Å². The molecule has 0 saturated carbocycles. The van der Waals surface area contributed by atoms with Crippen LogP contribution in [0.25, 0.3) is 0 Å². The molecule has 0 radical (unpaired) electrons. The van der Waals surface area contributed by atoms with Gasteiger partial charge in [0.1, 0.15) is 6.04 Å². The standard InChI is InChI=1S/C6H13NO4/c1-6(11,3-8)2-4(7)5(9)10/h4,8,11H,2-3,7H2,1H3,(H,9,10)/t4-,6+/m0/s1. The van der Waals surface area contributed by atoms with Gasteiger partial charge in [-0.15, -0.1) is 0 Å². The molecule has 0 rings (SSSR count). The van der Waals surface area contributed by atoms with Crippen LogP contribution in [0.15, 0.2) is 0 Å². The highest BCUT2D eigenvalue weighted by Crippen LogP contribution is 2.09. The highest BCUT2D eigenvalue weighted by molar-refractivity contribution is 5.73. The molecular formula is C6H13NO4. The number of carboxylic acids is 1. The predicted molar refractivity (Wildman–Crippen MR) is 37.9 cm³/mol. The van der Waals surface area contributed by atoms with Crippen molar-refractivity contribution in [3.05, 3.63) is 0 Å². The fourth-order valence-electron chi connectivity index (χ4n) is 0.626. The molecule has 0 aromatic rings. The molecule has 0 aromatic carbocycles. The molecule has 0 amide bonds. The minimum absolute atomic E-state index is 0.154. The zero-order valence-corrected chi connectivity index (χ0v) is 6.32. The second kappa shape index (κ2) is 3.66. The molecule has 0 aliphatic carbocycles. The lowest BCUT2D eigenvalue weighted by atomic mass is 9.99. The second-order valence-electron chi connectivity index (χ2n) is 2.80. The van der Waals surface area contributed by atoms with Gasteiger partial charge in [-0.3, -0.25) is 4.79 Å². The zero-order chi connectivity index (χ0) is 9.07. The topological polar surface area (TPSA) is 104 Å². The molecule has 5 nitrogen and oxygen atoms in total. The number of aliphatic hydroxyl groups excluding tert-OH is 1. The molecule has 0 aromatic heterocycles. The van der Waals surface area contributed by atoms with Gasteiger partial charge in [-0.05, 0) is 6.92 Å². The number of carboxylic acid groups (broad SMARTS) is 1. The van der Waals surface area contributed by atoms with Crippen molar-refractivity contribution in [1.82, 2.24) is 0 Å². The molecule has 0 unspecified atom stereocenters. The van der Waals surface area contributed by atoms with Gasteiger partial charge in [0.2, 0.25) is 0 Å². The van der Waals surface area contributed by atoms with E-state index in [2.05, 4.69) is 0 Å². The van der Waals surface area contributed by atoms with Crippen molar-refractivity contribution in [2.24, 2.45) is 5.73 Å². The summed E-state index contributed by atoms with van der Waals surface area (Å²) in [6.45, 7) is 0.837. The van der Waals surface area contributed by atoms with E-state index < -0.39 is 24.2 Å². The predicted octanol–water partition coefficient (Wildman–Crippen LogP) is -1.47. The quantitative estimate of drug-likeness (QED) is 0.405. The number of rotatable bonds is 4. The van der Waals surface area contributed by atoms with Crippen molar-refractivity contribution in [1.29, 1.82) is 0 Å². The second-order valence-corrected chi connectivity index (χ2v) is 2.80. The third-order valence-corrected chi connectivity index (χ3v) is 1.32. The van der Waals surface area contributed by atoms with E-state index in [1.54, 1.807) is 0 Å². The van der Waals surface area contributed by atoms with Crippen LogP contribution in [-0.2, 0) is 4.79 Å². The summed E-state index contributed by atoms with van der Waals surface area (Å²) in [5.74, 6) is -1.18. The van der Waals surface area contributed by atoms with Crippen molar-refractivity contribution in [3.8, 4) is 0 Å². The van der Waals surface area contributed by atoms with E-state index in [0.717, 1.165) is 0 Å². The van der Waals surface area contributed by atoms with Gasteiger partial charge in [0.05, 0.1) is 12.2 Å². The third kappa shape index (κ3) is 3.92. The normalized spacial score (nSPS) is 18.9. The molecular weight excluding hydrogens is 150 g/mol. The molecule has 0 heterocycles. The Morgan fingerprint density at radius 1 is 1.73 bits per heavy atom. The number of hydrogen-bond acceptors (Lipinski definition) is 4. The van der Waals surface area contributed by atoms with E-state index in [-0.39, 0.29) is 6.42 Å². The maximum atomic E-state index is 10.2. The van der Waals surface area contributed by atoms with E-state index in [9.17, 15) is 4.79 Å². The van der Waals surface area contributed by atoms with Crippen molar-refractivity contribution in [2.75, 3.05) is 6.61 Å². The monoisotopic (exact) mass is 163 g/mol. The van der Waals surface area contributed by atoms with Crippen molar-refractivity contribution < 1.29 is 20.1 Å². The Morgan fingerprint density at radius 3 is 2.45 bits per heavy atom. The minimum atomic E-state index is -1.40. The van der Waals surface area contributed by atoms with E-state index in [1.807, 2.05) is 0 Å². The third-order valence-electron chi connectivity index (χ3n) is 1.32. The van der Waals surface area contributed by atoms with E-state index >= 15 is 0 Å². The number of carbonyl (C=O) groups is 1. The minimum Gasteiger partial charge on any atom is -0.480 e. The van der Waals surface area contributed by atoms with Gasteiger partial charge in [0.15, 0.2) is 0 Å². The van der Waals surface area contributed by atoms with Crippen LogP contribution in [0.3, 0.4) is 0 Å². The largest absolute Gasteiger partial charge is 0.480 e. The summed E-state index contributed by atoms with van der Waals surface area (Å²) in [5.41, 5.74) is 3.70. The Balaban J connectivity index is 3.93. The fraction of sp³-hybridized carbons (Fsp3) is 0.833. The molecule has 0 bridgehead atoms. The molecule has 5 heteroatoms. The van der Waals surface area contributed by atoms with Crippen molar-refractivity contribution in [3.63, 3.8) is 0 Å². The van der Waals surface area contributed by atoms with E-state index in [1.165, 1.54) is 6.92 Å². The number of hydrogen-bond donors (Lipinski definition) is 4. The molecule has 66 valence electrons. The van der Waals surface area contributed by atoms with Crippen LogP contribution in [-0.4, -0.2) is 39.5 Å². The van der Waals surface area contributed by atoms with Crippen LogP contribution >= 0.6 is 0 Å². The fourth-order valence-corrected chi connectivity index (χ4v) is 0.626. The summed E-state index contributed by atoms with van der Waals surface area (Å²) < 4.78 is 0. The average molecular weight is 163 g/mol. The molecule has 0 fully saturated rings. The van der Waals surface area contributed by atoms with Gasteiger partial charge >= 0.3 is 5.97 Å². The first-order valence-electron chi connectivity index (χ1n) is 3.20. The summed E-state index contributed by atoms with van der Waals surface area (Å²) in [4.78, 5) is 10.2. The van der Waals surface area contributed by atoms with Crippen molar-refractivity contribution in [2.45, 2.75) is 25.0 Å². The molecule has 11 heavy (non-hydrogen) atoms. The van der Waals surface area contributed by atoms with Crippen LogP contribution in [0.1, 0.15) is 13.3 Å². The summed E-state index contributed by atoms with van der Waals surface area (Å²) in [6, 6.07) is -1.13. The van der Waals surface area contributed by atoms with Crippen LogP contribution in [0, 0.1) is 0 Å². The summed E-state index contributed by atoms with van der Waals surface area (Å²) in [6.07, 6.45) is -0.154. The number of aliphatic hydroxyl groups is 2. The van der Waals surface area contributed by atoms with Gasteiger partial charge in [-0.25, -0.2) is 0 Å². The lowest BCUT2D eigenvalue weighted by molar-refractivity contribution is -0.140. The van der Waals surface area contributed by atoms with Crippen molar-refractivity contribution >= 4 is 5.97 Å². The maximum Gasteiger partial charge on any atom is 0.320 e. The Morgan fingerprint density at radius 2 is 2.18 bits per heavy atom. The molecule has 2 atom stereocenters. The first-order valence-corrected chi connectivity index (χ1v) is 3.20. The first-order chi connectivity index (χ1) is 4.89. The van der Waals surface area contributed by atoms with Gasteiger partial charge in [-0.1, -0.05) is 0 Å². The van der Waals surface area contributed by atoms with Gasteiger partial charge < -0.3 is 21.1 Å². The van der Waals surface area contributed by atoms with Crippen LogP contribution < -0.4 is 5.73 Å². The highest BCUT2D eigenvalue weighted by atomic mass is 16.4. The molecule has 0 saturated heterocycles. The zero-order valence-electron chi connectivity index (χ0n) is 6.32. The van der Waals surface area contributed by atoms with Gasteiger partial charge in [0.25, 0.3) is 0 Å². The summed E-state index contributed by atoms with van der Waals surface area (Å²) >= 11 is 0. The molecule has 0 spiro atoms. The molecule has 0 aliphatic rings. The lowest BCUT2D eigenvalue weighted by Crippen LogP contribution is -2.41. The maximum absolute atomic E-state index is 10.2. The first kappa shape index (κ1) is 10.3. The Kier molecular flexibility index (Phi) is 3.44. The Hall–Kier alpha value is -0.650. The highest BCUT2D eigenvalue weighted by Gasteiger charge is 2.25. The Labute approximate surface area is 64.4 Å². The Bertz CT molecular complexity index is 146. The smallest absolute Gasteiger partial charge is 0.320 e. The summed E-state index contributed by atoms with van der Waals surface area (Å²) in [7, 11) is 0. The van der Waals surface area contributed by atoms with Gasteiger partial charge in [-0.2, -0.15) is 0 Å². The van der Waals surface area contributed by atoms with E-state index in [0.29, 0.717) is 0 Å².